The van der Waals surface area contributed by atoms with Crippen LogP contribution >= 0.6 is 0 Å². The van der Waals surface area contributed by atoms with Crippen LogP contribution in [-0.2, 0) is 13.0 Å². The molecule has 1 aromatic carbocycles. The number of hydrogen-bond acceptors (Lipinski definition) is 5. The molecule has 0 atom stereocenters. The fraction of sp³-hybridized carbons (Fsp3) is 0.250. The average molecular weight is 333 g/mol. The Morgan fingerprint density at radius 1 is 1.20 bits per heavy atom. The van der Waals surface area contributed by atoms with Gasteiger partial charge in [-0.25, -0.2) is 4.98 Å². The molecule has 0 fully saturated rings. The van der Waals surface area contributed by atoms with Crippen molar-refractivity contribution in [1.82, 2.24) is 14.9 Å². The van der Waals surface area contributed by atoms with Gasteiger partial charge in [0, 0.05) is 24.7 Å². The molecule has 0 N–H and O–H groups in total. The zero-order chi connectivity index (χ0) is 17.2. The molecule has 3 heterocycles. The monoisotopic (exact) mass is 333 g/mol. The van der Waals surface area contributed by atoms with E-state index in [0.29, 0.717) is 19.0 Å². The number of oxazole rings is 1. The molecule has 4 rings (SSSR count). The largest absolute Gasteiger partial charge is 0.438 e. The Morgan fingerprint density at radius 2 is 2.04 bits per heavy atom. The first-order valence-corrected chi connectivity index (χ1v) is 8.41. The smallest absolute Gasteiger partial charge is 0.245 e. The minimum Gasteiger partial charge on any atom is -0.438 e. The number of pyridine rings is 1. The van der Waals surface area contributed by atoms with Gasteiger partial charge in [-0.15, -0.1) is 0 Å². The SMILES string of the molecule is Cc1ccc(C(=O)CN2CCc3nc(-c4ccccn4)oc3C2)cc1. The van der Waals surface area contributed by atoms with Gasteiger partial charge in [-0.1, -0.05) is 35.9 Å². The van der Waals surface area contributed by atoms with Gasteiger partial charge >= 0.3 is 0 Å². The average Bonchev–Trinajstić information content (AvgIpc) is 3.06. The van der Waals surface area contributed by atoms with Crippen LogP contribution in [0.4, 0.5) is 0 Å². The van der Waals surface area contributed by atoms with Gasteiger partial charge in [0.1, 0.15) is 11.5 Å². The predicted octanol–water partition coefficient (Wildman–Crippen LogP) is 3.29. The first kappa shape index (κ1) is 15.7. The third-order valence-electron chi connectivity index (χ3n) is 4.44. The number of rotatable bonds is 4. The zero-order valence-electron chi connectivity index (χ0n) is 14.1. The predicted molar refractivity (Wildman–Crippen MR) is 94.2 cm³/mol. The van der Waals surface area contributed by atoms with Crippen molar-refractivity contribution in [2.45, 2.75) is 19.9 Å². The highest BCUT2D eigenvalue weighted by atomic mass is 16.4. The van der Waals surface area contributed by atoms with Crippen LogP contribution in [0.15, 0.2) is 53.1 Å². The van der Waals surface area contributed by atoms with Gasteiger partial charge in [-0.05, 0) is 19.1 Å². The number of hydrogen-bond donors (Lipinski definition) is 0. The van der Waals surface area contributed by atoms with E-state index in [1.165, 1.54) is 0 Å². The van der Waals surface area contributed by atoms with Crippen LogP contribution in [-0.4, -0.2) is 33.7 Å². The summed E-state index contributed by atoms with van der Waals surface area (Å²) in [5.41, 5.74) is 3.62. The summed E-state index contributed by atoms with van der Waals surface area (Å²) >= 11 is 0. The Kier molecular flexibility index (Phi) is 4.15. The highest BCUT2D eigenvalue weighted by molar-refractivity contribution is 5.97. The molecule has 3 aromatic rings. The summed E-state index contributed by atoms with van der Waals surface area (Å²) in [5.74, 6) is 1.52. The van der Waals surface area contributed by atoms with Gasteiger partial charge in [0.2, 0.25) is 5.89 Å². The molecule has 1 aliphatic heterocycles. The minimum atomic E-state index is 0.132. The van der Waals surface area contributed by atoms with Gasteiger partial charge < -0.3 is 4.42 Å². The number of carbonyl (C=O) groups excluding carboxylic acids is 1. The summed E-state index contributed by atoms with van der Waals surface area (Å²) in [7, 11) is 0. The Morgan fingerprint density at radius 3 is 2.80 bits per heavy atom. The number of nitrogens with zero attached hydrogens (tertiary/aromatic N) is 3. The summed E-state index contributed by atoms with van der Waals surface area (Å²) in [6.07, 6.45) is 2.51. The van der Waals surface area contributed by atoms with Crippen LogP contribution < -0.4 is 0 Å². The van der Waals surface area contributed by atoms with Crippen LogP contribution in [0, 0.1) is 6.92 Å². The Balaban J connectivity index is 1.47. The lowest BCUT2D eigenvalue weighted by Gasteiger charge is -2.24. The molecule has 5 heteroatoms. The maximum Gasteiger partial charge on any atom is 0.245 e. The number of fused-ring (bicyclic) bond motifs is 1. The first-order valence-electron chi connectivity index (χ1n) is 8.41. The van der Waals surface area contributed by atoms with E-state index in [1.54, 1.807) is 6.20 Å². The van der Waals surface area contributed by atoms with Crippen molar-refractivity contribution in [3.05, 3.63) is 71.2 Å². The molecule has 1 aliphatic rings. The van der Waals surface area contributed by atoms with Crippen molar-refractivity contribution < 1.29 is 9.21 Å². The van der Waals surface area contributed by atoms with Gasteiger partial charge in [0.25, 0.3) is 0 Å². The number of Topliss-reactive ketones (excluding diaryl/α,β-unsaturated/α-hetero) is 1. The topological polar surface area (TPSA) is 59.2 Å². The molecule has 5 nitrogen and oxygen atoms in total. The van der Waals surface area contributed by atoms with E-state index in [9.17, 15) is 4.79 Å². The molecule has 0 saturated heterocycles. The lowest BCUT2D eigenvalue weighted by Crippen LogP contribution is -2.34. The molecule has 0 aliphatic carbocycles. The molecule has 0 amide bonds. The number of aromatic nitrogens is 2. The number of carbonyl (C=O) groups is 1. The molecule has 25 heavy (non-hydrogen) atoms. The lowest BCUT2D eigenvalue weighted by molar-refractivity contribution is 0.0915. The van der Waals surface area contributed by atoms with Crippen molar-refractivity contribution in [2.75, 3.05) is 13.1 Å². The molecule has 0 bridgehead atoms. The van der Waals surface area contributed by atoms with Crippen molar-refractivity contribution in [3.63, 3.8) is 0 Å². The molecule has 0 spiro atoms. The lowest BCUT2D eigenvalue weighted by atomic mass is 10.1. The summed E-state index contributed by atoms with van der Waals surface area (Å²) < 4.78 is 5.90. The summed E-state index contributed by atoms with van der Waals surface area (Å²) in [5, 5.41) is 0. The molecule has 2 aromatic heterocycles. The normalized spacial score (nSPS) is 14.3. The van der Waals surface area contributed by atoms with Gasteiger partial charge in [0.05, 0.1) is 18.8 Å². The first-order chi connectivity index (χ1) is 12.2. The van der Waals surface area contributed by atoms with Crippen LogP contribution in [0.1, 0.15) is 27.4 Å². The maximum atomic E-state index is 12.5. The summed E-state index contributed by atoms with van der Waals surface area (Å²) in [4.78, 5) is 23.4. The molecular weight excluding hydrogens is 314 g/mol. The standard InChI is InChI=1S/C20H19N3O2/c1-14-5-7-15(8-6-14)18(24)12-23-11-9-16-19(13-23)25-20(22-16)17-4-2-3-10-21-17/h2-8,10H,9,11-13H2,1H3. The second kappa shape index (κ2) is 6.61. The van der Waals surface area contributed by atoms with E-state index in [0.717, 1.165) is 41.2 Å². The van der Waals surface area contributed by atoms with Crippen LogP contribution in [0.2, 0.25) is 0 Å². The van der Waals surface area contributed by atoms with Crippen LogP contribution in [0.3, 0.4) is 0 Å². The minimum absolute atomic E-state index is 0.132. The van der Waals surface area contributed by atoms with Crippen molar-refractivity contribution in [3.8, 4) is 11.6 Å². The van der Waals surface area contributed by atoms with Gasteiger partial charge in [0.15, 0.2) is 5.78 Å². The summed E-state index contributed by atoms with van der Waals surface area (Å²) in [6, 6.07) is 13.4. The second-order valence-corrected chi connectivity index (χ2v) is 6.35. The molecule has 0 saturated carbocycles. The number of ketones is 1. The Hall–Kier alpha value is -2.79. The number of aryl methyl sites for hydroxylation is 1. The fourth-order valence-corrected chi connectivity index (χ4v) is 3.02. The van der Waals surface area contributed by atoms with E-state index in [2.05, 4.69) is 14.9 Å². The highest BCUT2D eigenvalue weighted by Crippen LogP contribution is 2.25. The maximum absolute atomic E-state index is 12.5. The third-order valence-corrected chi connectivity index (χ3v) is 4.44. The number of benzene rings is 1. The van der Waals surface area contributed by atoms with Crippen LogP contribution in [0.5, 0.6) is 0 Å². The molecule has 0 radical (unpaired) electrons. The van der Waals surface area contributed by atoms with Crippen molar-refractivity contribution in [1.29, 1.82) is 0 Å². The third kappa shape index (κ3) is 3.37. The summed E-state index contributed by atoms with van der Waals surface area (Å²) in [6.45, 7) is 3.82. The molecule has 126 valence electrons. The Labute approximate surface area is 146 Å². The van der Waals surface area contributed by atoms with E-state index in [-0.39, 0.29) is 5.78 Å². The van der Waals surface area contributed by atoms with Crippen molar-refractivity contribution >= 4 is 5.78 Å². The zero-order valence-corrected chi connectivity index (χ0v) is 14.1. The quantitative estimate of drug-likeness (QED) is 0.686. The van der Waals surface area contributed by atoms with E-state index >= 15 is 0 Å². The van der Waals surface area contributed by atoms with E-state index in [1.807, 2.05) is 49.4 Å². The van der Waals surface area contributed by atoms with Crippen molar-refractivity contribution in [2.24, 2.45) is 0 Å². The highest BCUT2D eigenvalue weighted by Gasteiger charge is 2.24. The Bertz CT molecular complexity index is 885. The fourth-order valence-electron chi connectivity index (χ4n) is 3.02. The van der Waals surface area contributed by atoms with E-state index < -0.39 is 0 Å². The molecular formula is C20H19N3O2. The van der Waals surface area contributed by atoms with Crippen LogP contribution in [0.25, 0.3) is 11.6 Å². The van der Waals surface area contributed by atoms with Gasteiger partial charge in [-0.3, -0.25) is 14.7 Å². The second-order valence-electron chi connectivity index (χ2n) is 6.35. The van der Waals surface area contributed by atoms with Gasteiger partial charge in [-0.2, -0.15) is 0 Å². The van der Waals surface area contributed by atoms with E-state index in [4.69, 9.17) is 4.42 Å². The molecule has 0 unspecified atom stereocenters.